The Morgan fingerprint density at radius 2 is 1.70 bits per heavy atom. The van der Waals surface area contributed by atoms with Gasteiger partial charge in [-0.2, -0.15) is 0 Å². The van der Waals surface area contributed by atoms with Crippen molar-refractivity contribution in [3.8, 4) is 0 Å². The first-order valence-corrected chi connectivity index (χ1v) is 15.9. The van der Waals surface area contributed by atoms with Crippen LogP contribution in [0.3, 0.4) is 0 Å². The zero-order valence-electron chi connectivity index (χ0n) is 24.2. The monoisotopic (exact) mass is 502 g/mol. The van der Waals surface area contributed by atoms with Gasteiger partial charge in [-0.1, -0.05) is 57.7 Å². The molecule has 37 heavy (non-hydrogen) atoms. The summed E-state index contributed by atoms with van der Waals surface area (Å²) in [7, 11) is 0. The summed E-state index contributed by atoms with van der Waals surface area (Å²) >= 11 is 0. The lowest BCUT2D eigenvalue weighted by atomic mass is 9.40. The summed E-state index contributed by atoms with van der Waals surface area (Å²) in [5.74, 6) is 4.39. The van der Waals surface area contributed by atoms with Crippen LogP contribution in [0.2, 0.25) is 0 Å². The third-order valence-corrected chi connectivity index (χ3v) is 13.4. The highest BCUT2D eigenvalue weighted by atomic mass is 15.0. The van der Waals surface area contributed by atoms with Gasteiger partial charge in [0.2, 0.25) is 0 Å². The second-order valence-corrected chi connectivity index (χ2v) is 15.0. The summed E-state index contributed by atoms with van der Waals surface area (Å²) in [5.41, 5.74) is 5.75. The van der Waals surface area contributed by atoms with Crippen molar-refractivity contribution in [3.05, 3.63) is 48.2 Å². The third kappa shape index (κ3) is 4.32. The van der Waals surface area contributed by atoms with E-state index >= 15 is 0 Å². The van der Waals surface area contributed by atoms with Crippen LogP contribution >= 0.6 is 0 Å². The molecule has 204 valence electrons. The molecule has 0 spiro atoms. The van der Waals surface area contributed by atoms with Gasteiger partial charge in [0.1, 0.15) is 0 Å². The van der Waals surface area contributed by atoms with Gasteiger partial charge in [0.25, 0.3) is 0 Å². The molecule has 6 rings (SSSR count). The van der Waals surface area contributed by atoms with Crippen molar-refractivity contribution in [2.75, 3.05) is 13.1 Å². The molecule has 6 aliphatic rings. The van der Waals surface area contributed by atoms with Crippen LogP contribution in [0, 0.1) is 45.8 Å². The number of rotatable bonds is 5. The zero-order valence-corrected chi connectivity index (χ0v) is 24.2. The van der Waals surface area contributed by atoms with E-state index in [0.29, 0.717) is 22.3 Å². The average Bonchev–Trinajstić information content (AvgIpc) is 3.16. The Kier molecular flexibility index (Phi) is 6.82. The molecule has 1 heterocycles. The van der Waals surface area contributed by atoms with Crippen LogP contribution in [-0.4, -0.2) is 19.1 Å². The van der Waals surface area contributed by atoms with E-state index in [1.807, 2.05) is 0 Å². The van der Waals surface area contributed by atoms with Gasteiger partial charge in [-0.15, -0.1) is 0 Å². The second-order valence-electron chi connectivity index (χ2n) is 15.0. The van der Waals surface area contributed by atoms with Gasteiger partial charge in [0.05, 0.1) is 0 Å². The molecular formula is C35H54N2. The number of fused-ring (bicyclic) bond motifs is 5. The van der Waals surface area contributed by atoms with E-state index in [9.17, 15) is 0 Å². The van der Waals surface area contributed by atoms with Gasteiger partial charge >= 0.3 is 0 Å². The Bertz CT molecular complexity index is 968. The summed E-state index contributed by atoms with van der Waals surface area (Å²) in [6, 6.07) is 0.643. The van der Waals surface area contributed by atoms with Gasteiger partial charge in [-0.25, -0.2) is 0 Å². The van der Waals surface area contributed by atoms with Gasteiger partial charge in [0, 0.05) is 11.7 Å². The normalized spacial score (nSPS) is 46.0. The minimum Gasteiger partial charge on any atom is -0.386 e. The van der Waals surface area contributed by atoms with Crippen molar-refractivity contribution in [1.82, 2.24) is 10.6 Å². The molecule has 2 nitrogen and oxygen atoms in total. The maximum absolute atomic E-state index is 4.49. The molecule has 2 heteroatoms. The lowest BCUT2D eigenvalue weighted by Crippen LogP contribution is -2.57. The Morgan fingerprint density at radius 1 is 0.919 bits per heavy atom. The zero-order chi connectivity index (χ0) is 25.8. The molecule has 1 saturated heterocycles. The van der Waals surface area contributed by atoms with E-state index in [0.717, 1.165) is 49.1 Å². The molecule has 8 unspecified atom stereocenters. The molecule has 4 saturated carbocycles. The van der Waals surface area contributed by atoms with E-state index < -0.39 is 0 Å². The topological polar surface area (TPSA) is 24.1 Å². The van der Waals surface area contributed by atoms with E-state index in [-0.39, 0.29) is 0 Å². The highest BCUT2D eigenvalue weighted by Crippen LogP contribution is 2.73. The summed E-state index contributed by atoms with van der Waals surface area (Å²) < 4.78 is 0. The maximum atomic E-state index is 4.49. The van der Waals surface area contributed by atoms with Crippen molar-refractivity contribution in [3.63, 3.8) is 0 Å². The van der Waals surface area contributed by atoms with E-state index in [1.165, 1.54) is 88.3 Å². The highest BCUT2D eigenvalue weighted by molar-refractivity contribution is 5.38. The molecule has 2 N–H and O–H groups in total. The molecule has 0 radical (unpaired) electrons. The standard InChI is InChI=1S/C35H54N2/c1-24-6-8-27(9-7-24)30-13-18-35(5)32-11-10-28-23-26(22-25(2)37-29-15-20-36-21-16-29)12-17-33(28,3)31(32)14-19-34(30,35)4/h6,8-9,26,28-32,36-37H,1-2,7,10-23H2,3-5H3. The molecule has 8 atom stereocenters. The SMILES string of the molecule is C=C1C=CC(C2CCC3(C)C4CCC5CC(CC(=C)NC6CCNCC6)CCC5(C)C4CCC23C)=CC1. The number of nitrogens with one attached hydrogen (secondary N) is 2. The minimum absolute atomic E-state index is 0.460. The first-order valence-electron chi connectivity index (χ1n) is 15.9. The van der Waals surface area contributed by atoms with Gasteiger partial charge in [-0.05, 0) is 148 Å². The molecule has 0 amide bonds. The fourth-order valence-corrected chi connectivity index (χ4v) is 11.0. The minimum atomic E-state index is 0.460. The van der Waals surface area contributed by atoms with Crippen LogP contribution in [0.25, 0.3) is 0 Å². The summed E-state index contributed by atoms with van der Waals surface area (Å²) in [6.07, 6.45) is 25.0. The maximum Gasteiger partial charge on any atom is 0.0282 e. The van der Waals surface area contributed by atoms with Crippen LogP contribution < -0.4 is 10.6 Å². The average molecular weight is 503 g/mol. The fraction of sp³-hybridized carbons (Fsp3) is 0.771. The molecule has 5 fully saturated rings. The Labute approximate surface area is 227 Å². The Hall–Kier alpha value is -1.28. The smallest absolute Gasteiger partial charge is 0.0282 e. The van der Waals surface area contributed by atoms with Crippen molar-refractivity contribution >= 4 is 0 Å². The molecule has 0 aromatic rings. The molecule has 0 bridgehead atoms. The lowest BCUT2D eigenvalue weighted by molar-refractivity contribution is -0.155. The van der Waals surface area contributed by atoms with E-state index in [1.54, 1.807) is 5.57 Å². The largest absolute Gasteiger partial charge is 0.386 e. The van der Waals surface area contributed by atoms with Crippen LogP contribution in [0.15, 0.2) is 48.2 Å². The fourth-order valence-electron chi connectivity index (χ4n) is 11.0. The molecule has 5 aliphatic carbocycles. The van der Waals surface area contributed by atoms with Crippen LogP contribution in [0.5, 0.6) is 0 Å². The lowest BCUT2D eigenvalue weighted by Gasteiger charge is -2.65. The van der Waals surface area contributed by atoms with Crippen molar-refractivity contribution < 1.29 is 0 Å². The van der Waals surface area contributed by atoms with Crippen molar-refractivity contribution in [2.45, 2.75) is 110 Å². The highest BCUT2D eigenvalue weighted by Gasteiger charge is 2.65. The van der Waals surface area contributed by atoms with Crippen LogP contribution in [-0.2, 0) is 0 Å². The number of hydrogen-bond acceptors (Lipinski definition) is 2. The molecule has 1 aliphatic heterocycles. The van der Waals surface area contributed by atoms with Crippen molar-refractivity contribution in [2.24, 2.45) is 45.8 Å². The van der Waals surface area contributed by atoms with Gasteiger partial charge < -0.3 is 10.6 Å². The summed E-state index contributed by atoms with van der Waals surface area (Å²) in [6.45, 7) is 19.2. The van der Waals surface area contributed by atoms with Gasteiger partial charge in [0.15, 0.2) is 0 Å². The predicted molar refractivity (Wildman–Crippen MR) is 157 cm³/mol. The van der Waals surface area contributed by atoms with Crippen LogP contribution in [0.1, 0.15) is 104 Å². The van der Waals surface area contributed by atoms with Gasteiger partial charge in [-0.3, -0.25) is 0 Å². The Balaban J connectivity index is 1.13. The summed E-state index contributed by atoms with van der Waals surface area (Å²) in [5, 5.41) is 7.30. The van der Waals surface area contributed by atoms with E-state index in [2.05, 4.69) is 62.8 Å². The molecular weight excluding hydrogens is 448 g/mol. The van der Waals surface area contributed by atoms with E-state index in [4.69, 9.17) is 0 Å². The quantitative estimate of drug-likeness (QED) is 0.395. The number of hydrogen-bond donors (Lipinski definition) is 2. The van der Waals surface area contributed by atoms with Crippen LogP contribution in [0.4, 0.5) is 0 Å². The second kappa shape index (κ2) is 9.72. The third-order valence-electron chi connectivity index (χ3n) is 13.4. The number of allylic oxidation sites excluding steroid dienone is 6. The predicted octanol–water partition coefficient (Wildman–Crippen LogP) is 8.34. The molecule has 0 aromatic carbocycles. The first-order chi connectivity index (χ1) is 17.7. The van der Waals surface area contributed by atoms with Crippen molar-refractivity contribution in [1.29, 1.82) is 0 Å². The summed E-state index contributed by atoms with van der Waals surface area (Å²) in [4.78, 5) is 0. The Morgan fingerprint density at radius 3 is 2.46 bits per heavy atom. The number of piperidine rings is 1. The first kappa shape index (κ1) is 26.0. The molecule has 0 aromatic heterocycles.